The first kappa shape index (κ1) is 23.0. The normalized spacial score (nSPS) is 18.5. The van der Waals surface area contributed by atoms with Crippen molar-refractivity contribution in [2.24, 2.45) is 5.92 Å². The molecule has 3 aromatic rings. The van der Waals surface area contributed by atoms with Gasteiger partial charge in [0.05, 0.1) is 18.0 Å². The first-order chi connectivity index (χ1) is 17.0. The van der Waals surface area contributed by atoms with E-state index in [0.29, 0.717) is 23.7 Å². The minimum absolute atomic E-state index is 0.0196. The third-order valence-electron chi connectivity index (χ3n) is 6.63. The zero-order valence-corrected chi connectivity index (χ0v) is 19.7. The van der Waals surface area contributed by atoms with Crippen LogP contribution in [0.2, 0.25) is 0 Å². The number of benzene rings is 2. The van der Waals surface area contributed by atoms with Crippen molar-refractivity contribution in [1.82, 2.24) is 10.3 Å². The number of hydrogen-bond acceptors (Lipinski definition) is 6. The van der Waals surface area contributed by atoms with Crippen molar-refractivity contribution in [3.05, 3.63) is 70.7 Å². The Kier molecular flexibility index (Phi) is 6.50. The molecule has 5 rings (SSSR count). The van der Waals surface area contributed by atoms with E-state index in [1.807, 2.05) is 24.3 Å². The van der Waals surface area contributed by atoms with Gasteiger partial charge in [-0.1, -0.05) is 55.0 Å². The van der Waals surface area contributed by atoms with Crippen molar-refractivity contribution in [2.45, 2.75) is 37.6 Å². The number of hydrogen-bond donors (Lipinski definition) is 3. The highest BCUT2D eigenvalue weighted by atomic mass is 32.1. The second-order valence-electron chi connectivity index (χ2n) is 8.82. The number of nitrogens with one attached hydrogen (secondary N) is 2. The lowest BCUT2D eigenvalue weighted by atomic mass is 9.98. The van der Waals surface area contributed by atoms with Crippen molar-refractivity contribution in [3.8, 4) is 11.1 Å². The quantitative estimate of drug-likeness (QED) is 0.451. The van der Waals surface area contributed by atoms with Gasteiger partial charge in [0, 0.05) is 17.3 Å². The number of aliphatic carboxylic acids is 1. The predicted molar refractivity (Wildman–Crippen MR) is 131 cm³/mol. The number of thiazole rings is 1. The Morgan fingerprint density at radius 1 is 1.03 bits per heavy atom. The SMILES string of the molecule is O=C(Cc1csc(NC(=O)OCC2c3ccccc3-c3ccccc32)n1)N[C@H]1CCC[C@H]1C(=O)O. The van der Waals surface area contributed by atoms with Crippen LogP contribution >= 0.6 is 11.3 Å². The number of rotatable bonds is 7. The minimum Gasteiger partial charge on any atom is -0.481 e. The Balaban J connectivity index is 1.15. The molecule has 9 heteroatoms. The van der Waals surface area contributed by atoms with Crippen molar-refractivity contribution in [1.29, 1.82) is 0 Å². The standard InChI is InChI=1S/C26H25N3O5S/c30-23(28-22-11-5-10-20(22)24(31)32)12-15-14-35-25(27-15)29-26(33)34-13-21-18-8-3-1-6-16(18)17-7-2-4-9-19(17)21/h1-4,6-9,14,20-22H,5,10-13H2,(H,28,30)(H,31,32)(H,27,29,33)/t20-,22+/m1/s1. The number of carboxylic acid groups (broad SMARTS) is 1. The van der Waals surface area contributed by atoms with Gasteiger partial charge in [0.1, 0.15) is 6.61 Å². The molecule has 2 aromatic carbocycles. The average Bonchev–Trinajstić information content (AvgIpc) is 3.56. The number of carbonyl (C=O) groups excluding carboxylic acids is 2. The summed E-state index contributed by atoms with van der Waals surface area (Å²) in [7, 11) is 0. The molecule has 35 heavy (non-hydrogen) atoms. The Labute approximate surface area is 206 Å². The third kappa shape index (κ3) is 4.90. The molecule has 8 nitrogen and oxygen atoms in total. The van der Waals surface area contributed by atoms with Gasteiger partial charge in [0.2, 0.25) is 5.91 Å². The van der Waals surface area contributed by atoms with E-state index in [2.05, 4.69) is 39.9 Å². The smallest absolute Gasteiger partial charge is 0.413 e. The molecule has 0 unspecified atom stereocenters. The maximum absolute atomic E-state index is 12.5. The molecular weight excluding hydrogens is 466 g/mol. The van der Waals surface area contributed by atoms with Gasteiger partial charge in [-0.05, 0) is 35.1 Å². The summed E-state index contributed by atoms with van der Waals surface area (Å²) in [5.41, 5.74) is 5.10. The Morgan fingerprint density at radius 2 is 1.71 bits per heavy atom. The number of carbonyl (C=O) groups is 3. The van der Waals surface area contributed by atoms with Crippen molar-refractivity contribution in [3.63, 3.8) is 0 Å². The van der Waals surface area contributed by atoms with Crippen molar-refractivity contribution in [2.75, 3.05) is 11.9 Å². The number of fused-ring (bicyclic) bond motifs is 3. The van der Waals surface area contributed by atoms with Crippen LogP contribution in [-0.4, -0.2) is 40.7 Å². The zero-order chi connectivity index (χ0) is 24.4. The van der Waals surface area contributed by atoms with Crippen molar-refractivity contribution >= 4 is 34.4 Å². The van der Waals surface area contributed by atoms with E-state index in [0.717, 1.165) is 28.7 Å². The summed E-state index contributed by atoms with van der Waals surface area (Å²) in [5.74, 6) is -1.73. The van der Waals surface area contributed by atoms with Crippen LogP contribution in [0.25, 0.3) is 11.1 Å². The van der Waals surface area contributed by atoms with E-state index >= 15 is 0 Å². The van der Waals surface area contributed by atoms with Gasteiger partial charge in [0.15, 0.2) is 5.13 Å². The topological polar surface area (TPSA) is 118 Å². The summed E-state index contributed by atoms with van der Waals surface area (Å²) in [6, 6.07) is 15.9. The highest BCUT2D eigenvalue weighted by Gasteiger charge is 2.34. The largest absolute Gasteiger partial charge is 0.481 e. The number of carboxylic acids is 1. The number of amides is 2. The van der Waals surface area contributed by atoms with Crippen LogP contribution < -0.4 is 10.6 Å². The van der Waals surface area contributed by atoms with E-state index in [1.54, 1.807) is 5.38 Å². The summed E-state index contributed by atoms with van der Waals surface area (Å²) in [6.45, 7) is 0.201. The summed E-state index contributed by atoms with van der Waals surface area (Å²) in [6.07, 6.45) is 1.44. The van der Waals surface area contributed by atoms with Gasteiger partial charge >= 0.3 is 12.1 Å². The maximum Gasteiger partial charge on any atom is 0.413 e. The first-order valence-corrected chi connectivity index (χ1v) is 12.5. The second-order valence-corrected chi connectivity index (χ2v) is 9.68. The molecule has 3 N–H and O–H groups in total. The molecule has 1 saturated carbocycles. The molecular formula is C26H25N3O5S. The molecule has 2 aliphatic carbocycles. The van der Waals surface area contributed by atoms with Gasteiger partial charge in [-0.25, -0.2) is 9.78 Å². The van der Waals surface area contributed by atoms with Crippen LogP contribution in [0.4, 0.5) is 9.93 Å². The fraction of sp³-hybridized carbons (Fsp3) is 0.308. The van der Waals surface area contributed by atoms with E-state index in [1.165, 1.54) is 11.3 Å². The van der Waals surface area contributed by atoms with Crippen LogP contribution in [0.5, 0.6) is 0 Å². The van der Waals surface area contributed by atoms with Crippen LogP contribution in [0.1, 0.15) is 42.0 Å². The predicted octanol–water partition coefficient (Wildman–Crippen LogP) is 4.42. The molecule has 2 aliphatic rings. The molecule has 0 bridgehead atoms. The van der Waals surface area contributed by atoms with Gasteiger partial charge < -0.3 is 15.2 Å². The number of nitrogens with zero attached hydrogens (tertiary/aromatic N) is 1. The van der Waals surface area contributed by atoms with Gasteiger partial charge in [-0.2, -0.15) is 0 Å². The van der Waals surface area contributed by atoms with Gasteiger partial charge in [-0.15, -0.1) is 11.3 Å². The fourth-order valence-electron chi connectivity index (χ4n) is 5.02. The minimum atomic E-state index is -0.879. The lowest BCUT2D eigenvalue weighted by molar-refractivity contribution is -0.142. The summed E-state index contributed by atoms with van der Waals surface area (Å²) in [5, 5.41) is 16.8. The van der Waals surface area contributed by atoms with E-state index in [-0.39, 0.29) is 30.9 Å². The molecule has 0 aliphatic heterocycles. The highest BCUT2D eigenvalue weighted by Crippen LogP contribution is 2.44. The monoisotopic (exact) mass is 491 g/mol. The van der Waals surface area contributed by atoms with Crippen LogP contribution in [0.15, 0.2) is 53.9 Å². The lowest BCUT2D eigenvalue weighted by Gasteiger charge is -2.17. The van der Waals surface area contributed by atoms with Gasteiger partial charge in [0.25, 0.3) is 0 Å². The summed E-state index contributed by atoms with van der Waals surface area (Å²) < 4.78 is 5.54. The van der Waals surface area contributed by atoms with Crippen LogP contribution in [-0.2, 0) is 20.7 Å². The van der Waals surface area contributed by atoms with Crippen LogP contribution in [0, 0.1) is 5.92 Å². The summed E-state index contributed by atoms with van der Waals surface area (Å²) in [4.78, 5) is 40.4. The van der Waals surface area contributed by atoms with E-state index < -0.39 is 18.0 Å². The van der Waals surface area contributed by atoms with E-state index in [4.69, 9.17) is 4.74 Å². The molecule has 0 saturated heterocycles. The Bertz CT molecular complexity index is 1230. The molecule has 0 radical (unpaired) electrons. The fourth-order valence-corrected chi connectivity index (χ4v) is 5.71. The molecule has 180 valence electrons. The third-order valence-corrected chi connectivity index (χ3v) is 7.43. The molecule has 1 fully saturated rings. The molecule has 1 aromatic heterocycles. The zero-order valence-electron chi connectivity index (χ0n) is 18.9. The Hall–Kier alpha value is -3.72. The average molecular weight is 492 g/mol. The molecule has 2 atom stereocenters. The lowest BCUT2D eigenvalue weighted by Crippen LogP contribution is -2.40. The maximum atomic E-state index is 12.5. The van der Waals surface area contributed by atoms with Crippen LogP contribution in [0.3, 0.4) is 0 Å². The second kappa shape index (κ2) is 9.87. The highest BCUT2D eigenvalue weighted by molar-refractivity contribution is 7.13. The summed E-state index contributed by atoms with van der Waals surface area (Å²) >= 11 is 1.21. The van der Waals surface area contributed by atoms with Gasteiger partial charge in [-0.3, -0.25) is 14.9 Å². The molecule has 1 heterocycles. The van der Waals surface area contributed by atoms with Crippen molar-refractivity contribution < 1.29 is 24.2 Å². The molecule has 2 amide bonds. The molecule has 0 spiro atoms. The van der Waals surface area contributed by atoms with E-state index in [9.17, 15) is 19.5 Å². The number of anilines is 1. The first-order valence-electron chi connectivity index (χ1n) is 11.6. The Morgan fingerprint density at radius 3 is 2.40 bits per heavy atom. The number of ether oxygens (including phenoxy) is 1. The number of aromatic nitrogens is 1.